The highest BCUT2D eigenvalue weighted by molar-refractivity contribution is 5.17. The van der Waals surface area contributed by atoms with E-state index in [0.717, 1.165) is 13.0 Å². The Morgan fingerprint density at radius 3 is 2.74 bits per heavy atom. The summed E-state index contributed by atoms with van der Waals surface area (Å²) >= 11 is 0. The number of aliphatic hydroxyl groups is 1. The minimum Gasteiger partial charge on any atom is -0.392 e. The van der Waals surface area contributed by atoms with E-state index in [1.54, 1.807) is 19.2 Å². The number of rotatable bonds is 9. The van der Waals surface area contributed by atoms with Crippen molar-refractivity contribution in [1.29, 1.82) is 0 Å². The van der Waals surface area contributed by atoms with Gasteiger partial charge in [0.15, 0.2) is 0 Å². The fourth-order valence-electron chi connectivity index (χ4n) is 1.96. The molecule has 1 rings (SSSR count). The van der Waals surface area contributed by atoms with E-state index in [2.05, 4.69) is 4.90 Å². The summed E-state index contributed by atoms with van der Waals surface area (Å²) in [7, 11) is 1.67. The molecule has 1 unspecified atom stereocenters. The van der Waals surface area contributed by atoms with Gasteiger partial charge in [-0.15, -0.1) is 0 Å². The molecule has 0 aliphatic rings. The first-order valence-corrected chi connectivity index (χ1v) is 6.80. The van der Waals surface area contributed by atoms with Crippen LogP contribution in [0.1, 0.15) is 25.3 Å². The van der Waals surface area contributed by atoms with Gasteiger partial charge in [0.1, 0.15) is 5.82 Å². The van der Waals surface area contributed by atoms with Crippen molar-refractivity contribution < 1.29 is 14.2 Å². The van der Waals surface area contributed by atoms with E-state index in [0.29, 0.717) is 31.7 Å². The van der Waals surface area contributed by atoms with E-state index in [1.165, 1.54) is 6.07 Å². The molecule has 0 amide bonds. The molecule has 0 spiro atoms. The number of nitrogens with zero attached hydrogens (tertiary/aromatic N) is 1. The average molecular weight is 269 g/mol. The van der Waals surface area contributed by atoms with Gasteiger partial charge < -0.3 is 9.84 Å². The van der Waals surface area contributed by atoms with E-state index in [9.17, 15) is 9.50 Å². The van der Waals surface area contributed by atoms with Gasteiger partial charge in [-0.05, 0) is 18.9 Å². The summed E-state index contributed by atoms with van der Waals surface area (Å²) in [5, 5.41) is 9.77. The molecule has 0 aliphatic heterocycles. The zero-order valence-electron chi connectivity index (χ0n) is 11.8. The van der Waals surface area contributed by atoms with E-state index < -0.39 is 0 Å². The van der Waals surface area contributed by atoms with Crippen LogP contribution >= 0.6 is 0 Å². The van der Waals surface area contributed by atoms with Crippen molar-refractivity contribution in [1.82, 2.24) is 4.90 Å². The first kappa shape index (κ1) is 16.1. The van der Waals surface area contributed by atoms with Crippen LogP contribution in [-0.2, 0) is 11.3 Å². The molecule has 19 heavy (non-hydrogen) atoms. The largest absolute Gasteiger partial charge is 0.392 e. The average Bonchev–Trinajstić information content (AvgIpc) is 2.41. The first-order valence-electron chi connectivity index (χ1n) is 6.80. The van der Waals surface area contributed by atoms with Gasteiger partial charge in [-0.3, -0.25) is 4.90 Å². The lowest BCUT2D eigenvalue weighted by molar-refractivity contribution is 0.0962. The molecule has 0 bridgehead atoms. The van der Waals surface area contributed by atoms with E-state index in [-0.39, 0.29) is 11.9 Å². The molecule has 0 aromatic heterocycles. The Bertz CT molecular complexity index is 360. The van der Waals surface area contributed by atoms with E-state index in [4.69, 9.17) is 4.74 Å². The Balaban J connectivity index is 2.59. The van der Waals surface area contributed by atoms with Gasteiger partial charge in [0.05, 0.1) is 6.10 Å². The Kier molecular flexibility index (Phi) is 7.63. The zero-order chi connectivity index (χ0) is 14.1. The van der Waals surface area contributed by atoms with Crippen LogP contribution in [0.3, 0.4) is 0 Å². The van der Waals surface area contributed by atoms with Crippen LogP contribution < -0.4 is 0 Å². The highest BCUT2D eigenvalue weighted by atomic mass is 19.1. The van der Waals surface area contributed by atoms with Crippen LogP contribution in [0.2, 0.25) is 0 Å². The third-order valence-corrected chi connectivity index (χ3v) is 3.11. The maximum Gasteiger partial charge on any atom is 0.127 e. The first-order chi connectivity index (χ1) is 9.17. The lowest BCUT2D eigenvalue weighted by atomic mass is 10.1. The van der Waals surface area contributed by atoms with Gasteiger partial charge >= 0.3 is 0 Å². The standard InChI is InChI=1S/C15H24FNO2/c1-3-14(18)12-17(9-6-10-19-2)11-13-7-4-5-8-15(13)16/h4-5,7-8,14,18H,3,6,9-12H2,1-2H3. The van der Waals surface area contributed by atoms with Gasteiger partial charge in [-0.1, -0.05) is 25.1 Å². The van der Waals surface area contributed by atoms with Crippen LogP contribution in [0.4, 0.5) is 4.39 Å². The Morgan fingerprint density at radius 2 is 2.11 bits per heavy atom. The smallest absolute Gasteiger partial charge is 0.127 e. The third kappa shape index (κ3) is 6.14. The maximum atomic E-state index is 13.6. The molecule has 0 heterocycles. The van der Waals surface area contributed by atoms with Crippen molar-refractivity contribution in [2.45, 2.75) is 32.4 Å². The molecule has 1 aromatic carbocycles. The Morgan fingerprint density at radius 1 is 1.37 bits per heavy atom. The predicted molar refractivity (Wildman–Crippen MR) is 74.5 cm³/mol. The molecular formula is C15H24FNO2. The van der Waals surface area contributed by atoms with Crippen molar-refractivity contribution in [2.24, 2.45) is 0 Å². The molecule has 1 N–H and O–H groups in total. The van der Waals surface area contributed by atoms with E-state index in [1.807, 2.05) is 13.0 Å². The van der Waals surface area contributed by atoms with Crippen molar-refractivity contribution >= 4 is 0 Å². The monoisotopic (exact) mass is 269 g/mol. The molecular weight excluding hydrogens is 245 g/mol. The summed E-state index contributed by atoms with van der Waals surface area (Å²) in [5.41, 5.74) is 0.670. The molecule has 3 nitrogen and oxygen atoms in total. The number of methoxy groups -OCH3 is 1. The minimum absolute atomic E-state index is 0.190. The van der Waals surface area contributed by atoms with E-state index >= 15 is 0 Å². The van der Waals surface area contributed by atoms with Gasteiger partial charge in [-0.2, -0.15) is 0 Å². The summed E-state index contributed by atoms with van der Waals surface area (Å²) in [6.07, 6.45) is 1.22. The summed E-state index contributed by atoms with van der Waals surface area (Å²) in [5.74, 6) is -0.190. The van der Waals surface area contributed by atoms with Crippen molar-refractivity contribution in [3.8, 4) is 0 Å². The summed E-state index contributed by atoms with van der Waals surface area (Å²) in [4.78, 5) is 2.08. The summed E-state index contributed by atoms with van der Waals surface area (Å²) in [6.45, 7) is 4.50. The normalized spacial score (nSPS) is 12.9. The van der Waals surface area contributed by atoms with Crippen molar-refractivity contribution in [3.05, 3.63) is 35.6 Å². The van der Waals surface area contributed by atoms with Crippen molar-refractivity contribution in [2.75, 3.05) is 26.8 Å². The second-order valence-corrected chi connectivity index (χ2v) is 4.73. The second-order valence-electron chi connectivity index (χ2n) is 4.73. The molecule has 1 atom stereocenters. The number of ether oxygens (including phenoxy) is 1. The maximum absolute atomic E-state index is 13.6. The molecule has 0 aliphatic carbocycles. The van der Waals surface area contributed by atoms with Crippen LogP contribution in [0.15, 0.2) is 24.3 Å². The van der Waals surface area contributed by atoms with Crippen LogP contribution in [0.5, 0.6) is 0 Å². The molecule has 4 heteroatoms. The van der Waals surface area contributed by atoms with Crippen LogP contribution in [-0.4, -0.2) is 42.9 Å². The predicted octanol–water partition coefficient (Wildman–Crippen LogP) is 2.44. The molecule has 1 aromatic rings. The molecule has 0 fully saturated rings. The van der Waals surface area contributed by atoms with Gasteiger partial charge in [0.25, 0.3) is 0 Å². The van der Waals surface area contributed by atoms with Gasteiger partial charge in [-0.25, -0.2) is 4.39 Å². The molecule has 108 valence electrons. The summed E-state index contributed by atoms with van der Waals surface area (Å²) < 4.78 is 18.7. The zero-order valence-corrected chi connectivity index (χ0v) is 11.8. The Labute approximate surface area is 115 Å². The lowest BCUT2D eigenvalue weighted by Gasteiger charge is -2.24. The molecule has 0 saturated carbocycles. The molecule has 0 radical (unpaired) electrons. The topological polar surface area (TPSA) is 32.7 Å². The third-order valence-electron chi connectivity index (χ3n) is 3.11. The van der Waals surface area contributed by atoms with Gasteiger partial charge in [0.2, 0.25) is 0 Å². The van der Waals surface area contributed by atoms with Crippen LogP contribution in [0.25, 0.3) is 0 Å². The lowest BCUT2D eigenvalue weighted by Crippen LogP contribution is -2.33. The summed E-state index contributed by atoms with van der Waals surface area (Å²) in [6, 6.07) is 6.78. The fourth-order valence-corrected chi connectivity index (χ4v) is 1.96. The number of halogens is 1. The Hall–Kier alpha value is -0.970. The quantitative estimate of drug-likeness (QED) is 0.699. The number of aliphatic hydroxyl groups excluding tert-OH is 1. The highest BCUT2D eigenvalue weighted by Crippen LogP contribution is 2.11. The number of hydrogen-bond acceptors (Lipinski definition) is 3. The van der Waals surface area contributed by atoms with Crippen molar-refractivity contribution in [3.63, 3.8) is 0 Å². The van der Waals surface area contributed by atoms with Crippen LogP contribution in [0, 0.1) is 5.82 Å². The minimum atomic E-state index is -0.366. The van der Waals surface area contributed by atoms with Gasteiger partial charge in [0, 0.05) is 38.9 Å². The molecule has 0 saturated heterocycles. The SMILES string of the molecule is CCC(O)CN(CCCOC)Cc1ccccc1F. The number of benzene rings is 1. The fraction of sp³-hybridized carbons (Fsp3) is 0.600. The number of hydrogen-bond donors (Lipinski definition) is 1. The second kappa shape index (κ2) is 9.02. The highest BCUT2D eigenvalue weighted by Gasteiger charge is 2.12.